The topological polar surface area (TPSA) is 81.2 Å². The van der Waals surface area contributed by atoms with Gasteiger partial charge in [-0.15, -0.1) is 0 Å². The highest BCUT2D eigenvalue weighted by Gasteiger charge is 2.20. The van der Waals surface area contributed by atoms with Crippen LogP contribution in [0.1, 0.15) is 43.8 Å². The summed E-state index contributed by atoms with van der Waals surface area (Å²) in [5, 5.41) is 8.91. The highest BCUT2D eigenvalue weighted by Crippen LogP contribution is 2.33. The predicted octanol–water partition coefficient (Wildman–Crippen LogP) is 6.66. The molecule has 0 aliphatic carbocycles. The van der Waals surface area contributed by atoms with E-state index in [9.17, 15) is 4.79 Å². The molecule has 4 rings (SSSR count). The van der Waals surface area contributed by atoms with E-state index in [1.54, 1.807) is 18.2 Å². The fraction of sp³-hybridized carbons (Fsp3) is 0.261. The number of aromatic nitrogens is 2. The number of nitrogens with one attached hydrogen (secondary N) is 1. The Labute approximate surface area is 189 Å². The normalized spacial score (nSPS) is 11.4. The molecule has 0 unspecified atom stereocenters. The first-order chi connectivity index (χ1) is 14.8. The first-order valence-corrected chi connectivity index (χ1v) is 10.7. The summed E-state index contributed by atoms with van der Waals surface area (Å²) in [4.78, 5) is 16.0. The highest BCUT2D eigenvalue weighted by molar-refractivity contribution is 6.36. The second-order valence-corrected chi connectivity index (χ2v) is 8.47. The summed E-state index contributed by atoms with van der Waals surface area (Å²) in [5.41, 5.74) is 3.69. The Morgan fingerprint density at radius 2 is 1.87 bits per heavy atom. The van der Waals surface area contributed by atoms with Gasteiger partial charge in [0.15, 0.2) is 5.58 Å². The summed E-state index contributed by atoms with van der Waals surface area (Å²) in [6.07, 6.45) is 1.27. The summed E-state index contributed by atoms with van der Waals surface area (Å²) >= 11 is 12.3. The van der Waals surface area contributed by atoms with Crippen LogP contribution in [0.15, 0.2) is 45.3 Å². The number of fused-ring (bicyclic) bond motifs is 1. The largest absolute Gasteiger partial charge is 0.441 e. The minimum atomic E-state index is -0.136. The average Bonchev–Trinajstić information content (AvgIpc) is 3.29. The van der Waals surface area contributed by atoms with Crippen molar-refractivity contribution >= 4 is 45.8 Å². The molecule has 8 heteroatoms. The number of rotatable bonds is 6. The molecule has 0 spiro atoms. The molecule has 0 radical (unpaired) electrons. The molecule has 0 aliphatic rings. The number of anilines is 1. The summed E-state index contributed by atoms with van der Waals surface area (Å²) in [6.45, 7) is 5.59. The van der Waals surface area contributed by atoms with Crippen molar-refractivity contribution in [3.8, 4) is 11.5 Å². The Bertz CT molecular complexity index is 1260. The zero-order chi connectivity index (χ0) is 22.1. The number of nitrogens with zero attached hydrogens (tertiary/aromatic N) is 2. The van der Waals surface area contributed by atoms with Crippen molar-refractivity contribution < 1.29 is 13.7 Å². The minimum absolute atomic E-state index is 0.136. The molecule has 1 amide bonds. The number of hydrogen-bond acceptors (Lipinski definition) is 5. The molecule has 2 heterocycles. The second kappa shape index (κ2) is 8.73. The molecule has 0 atom stereocenters. The Morgan fingerprint density at radius 3 is 2.58 bits per heavy atom. The van der Waals surface area contributed by atoms with Crippen molar-refractivity contribution in [3.63, 3.8) is 0 Å². The molecule has 1 N–H and O–H groups in total. The summed E-state index contributed by atoms with van der Waals surface area (Å²) in [6, 6.07) is 10.7. The molecule has 0 aliphatic heterocycles. The van der Waals surface area contributed by atoms with Gasteiger partial charge in [0.2, 0.25) is 11.8 Å². The third-order valence-corrected chi connectivity index (χ3v) is 5.43. The van der Waals surface area contributed by atoms with E-state index in [1.165, 1.54) is 6.92 Å². The van der Waals surface area contributed by atoms with Gasteiger partial charge < -0.3 is 14.3 Å². The van der Waals surface area contributed by atoms with Crippen molar-refractivity contribution in [1.29, 1.82) is 0 Å². The molecule has 2 aromatic heterocycles. The number of amides is 1. The number of carbonyl (C=O) groups excluding carboxylic acids is 1. The lowest BCUT2D eigenvalue weighted by atomic mass is 10.0. The summed E-state index contributed by atoms with van der Waals surface area (Å²) < 4.78 is 11.5. The van der Waals surface area contributed by atoms with Gasteiger partial charge in [0, 0.05) is 35.0 Å². The van der Waals surface area contributed by atoms with E-state index >= 15 is 0 Å². The number of oxazole rings is 1. The van der Waals surface area contributed by atoms with Gasteiger partial charge in [-0.3, -0.25) is 4.79 Å². The number of carbonyl (C=O) groups is 1. The van der Waals surface area contributed by atoms with Crippen LogP contribution < -0.4 is 5.32 Å². The summed E-state index contributed by atoms with van der Waals surface area (Å²) in [5.74, 6) is 1.33. The van der Waals surface area contributed by atoms with E-state index in [1.807, 2.05) is 18.2 Å². The van der Waals surface area contributed by atoms with Crippen LogP contribution in [-0.4, -0.2) is 16.0 Å². The monoisotopic (exact) mass is 457 g/mol. The quantitative estimate of drug-likeness (QED) is 0.350. The highest BCUT2D eigenvalue weighted by atomic mass is 35.5. The molecule has 0 fully saturated rings. The van der Waals surface area contributed by atoms with Crippen molar-refractivity contribution in [2.75, 3.05) is 5.32 Å². The van der Waals surface area contributed by atoms with Crippen LogP contribution in [0, 0.1) is 0 Å². The van der Waals surface area contributed by atoms with Gasteiger partial charge >= 0.3 is 0 Å². The van der Waals surface area contributed by atoms with Gasteiger partial charge in [0.25, 0.3) is 0 Å². The molecule has 0 bridgehead atoms. The van der Waals surface area contributed by atoms with Crippen LogP contribution >= 0.6 is 23.2 Å². The standard InChI is InChI=1S/C23H21Cl2N3O3/c1-12(2)22-20(27-23(30-22)16-6-4-14(24)10-18(16)25)9-8-19-17-7-5-15(26-13(3)29)11-21(17)31-28-19/h4-7,10-12H,8-9H2,1-3H3,(H,26,29). The molecule has 6 nitrogen and oxygen atoms in total. The maximum atomic E-state index is 11.3. The van der Waals surface area contributed by atoms with E-state index in [0.29, 0.717) is 45.6 Å². The summed E-state index contributed by atoms with van der Waals surface area (Å²) in [7, 11) is 0. The van der Waals surface area contributed by atoms with E-state index in [2.05, 4.69) is 24.3 Å². The molecular formula is C23H21Cl2N3O3. The number of halogens is 2. The lowest BCUT2D eigenvalue weighted by molar-refractivity contribution is -0.114. The van der Waals surface area contributed by atoms with Gasteiger partial charge in [0.05, 0.1) is 22.0 Å². The van der Waals surface area contributed by atoms with Crippen LogP contribution in [0.25, 0.3) is 22.4 Å². The second-order valence-electron chi connectivity index (χ2n) is 7.63. The maximum Gasteiger partial charge on any atom is 0.228 e. The van der Waals surface area contributed by atoms with Crippen LogP contribution in [0.2, 0.25) is 10.0 Å². The van der Waals surface area contributed by atoms with E-state index in [-0.39, 0.29) is 11.8 Å². The van der Waals surface area contributed by atoms with Crippen molar-refractivity contribution in [1.82, 2.24) is 10.1 Å². The first-order valence-electron chi connectivity index (χ1n) is 9.92. The lowest BCUT2D eigenvalue weighted by Crippen LogP contribution is -2.05. The van der Waals surface area contributed by atoms with E-state index in [0.717, 1.165) is 22.5 Å². The van der Waals surface area contributed by atoms with Crippen LogP contribution in [0.5, 0.6) is 0 Å². The van der Waals surface area contributed by atoms with Gasteiger partial charge in [-0.2, -0.15) is 0 Å². The minimum Gasteiger partial charge on any atom is -0.441 e. The molecule has 0 saturated carbocycles. The SMILES string of the molecule is CC(=O)Nc1ccc2c(CCc3nc(-c4ccc(Cl)cc4Cl)oc3C(C)C)noc2c1. The number of benzene rings is 2. The molecule has 4 aromatic rings. The first kappa shape index (κ1) is 21.4. The Balaban J connectivity index is 1.59. The van der Waals surface area contributed by atoms with Crippen molar-refractivity contribution in [3.05, 3.63) is 63.6 Å². The Kier molecular flexibility index (Phi) is 6.03. The fourth-order valence-electron chi connectivity index (χ4n) is 3.46. The number of aryl methyl sites for hydroxylation is 2. The van der Waals surface area contributed by atoms with Crippen molar-refractivity contribution in [2.24, 2.45) is 0 Å². The fourth-order valence-corrected chi connectivity index (χ4v) is 3.95. The Morgan fingerprint density at radius 1 is 1.10 bits per heavy atom. The van der Waals surface area contributed by atoms with Crippen molar-refractivity contribution in [2.45, 2.75) is 39.5 Å². The molecule has 0 saturated heterocycles. The lowest BCUT2D eigenvalue weighted by Gasteiger charge is -2.03. The van der Waals surface area contributed by atoms with Gasteiger partial charge in [-0.25, -0.2) is 4.98 Å². The van der Waals surface area contributed by atoms with Gasteiger partial charge in [0.1, 0.15) is 5.76 Å². The molecule has 2 aromatic carbocycles. The van der Waals surface area contributed by atoms with Gasteiger partial charge in [-0.05, 0) is 43.2 Å². The van der Waals surface area contributed by atoms with Crippen LogP contribution in [0.4, 0.5) is 5.69 Å². The third kappa shape index (κ3) is 4.60. The Hall–Kier alpha value is -2.83. The van der Waals surface area contributed by atoms with E-state index in [4.69, 9.17) is 37.1 Å². The predicted molar refractivity (Wildman–Crippen MR) is 122 cm³/mol. The van der Waals surface area contributed by atoms with Crippen LogP contribution in [0.3, 0.4) is 0 Å². The van der Waals surface area contributed by atoms with Gasteiger partial charge in [-0.1, -0.05) is 42.2 Å². The molecule has 31 heavy (non-hydrogen) atoms. The zero-order valence-corrected chi connectivity index (χ0v) is 18.8. The third-order valence-electron chi connectivity index (χ3n) is 4.88. The van der Waals surface area contributed by atoms with E-state index < -0.39 is 0 Å². The number of hydrogen-bond donors (Lipinski definition) is 1. The maximum absolute atomic E-state index is 11.3. The molecule has 160 valence electrons. The smallest absolute Gasteiger partial charge is 0.228 e. The van der Waals surface area contributed by atoms with Crippen LogP contribution in [-0.2, 0) is 17.6 Å². The zero-order valence-electron chi connectivity index (χ0n) is 17.3. The average molecular weight is 458 g/mol. The molecular weight excluding hydrogens is 437 g/mol.